The lowest BCUT2D eigenvalue weighted by molar-refractivity contribution is -0.118. The van der Waals surface area contributed by atoms with Crippen LogP contribution in [0.25, 0.3) is 0 Å². The van der Waals surface area contributed by atoms with Crippen LogP contribution in [0.4, 0.5) is 11.7 Å². The first-order chi connectivity index (χ1) is 11.5. The Morgan fingerprint density at radius 1 is 1.33 bits per heavy atom. The van der Waals surface area contributed by atoms with Crippen molar-refractivity contribution in [1.29, 1.82) is 0 Å². The van der Waals surface area contributed by atoms with Gasteiger partial charge in [-0.15, -0.1) is 5.10 Å². The second-order valence-corrected chi connectivity index (χ2v) is 6.33. The second-order valence-electron chi connectivity index (χ2n) is 6.33. The van der Waals surface area contributed by atoms with Crippen molar-refractivity contribution in [3.63, 3.8) is 0 Å². The average molecular weight is 328 g/mol. The third kappa shape index (κ3) is 3.61. The summed E-state index contributed by atoms with van der Waals surface area (Å²) in [6.45, 7) is 4.41. The van der Waals surface area contributed by atoms with Crippen molar-refractivity contribution in [2.45, 2.75) is 32.6 Å². The molecule has 1 saturated heterocycles. The standard InChI is InChI=1S/C17H20N4O3/c1-11(2)8-14(22)18-17-20-19-16(24-17)12-9-15(23)21(10-12)13-6-4-3-5-7-13/h3-7,11-12H,8-10H2,1-2H3,(H,18,20,22). The number of hydrogen-bond acceptors (Lipinski definition) is 5. The molecule has 1 aromatic carbocycles. The summed E-state index contributed by atoms with van der Waals surface area (Å²) in [5.74, 6) is 0.324. The van der Waals surface area contributed by atoms with E-state index in [1.165, 1.54) is 0 Å². The van der Waals surface area contributed by atoms with Crippen LogP contribution >= 0.6 is 0 Å². The Morgan fingerprint density at radius 2 is 2.08 bits per heavy atom. The fraction of sp³-hybridized carbons (Fsp3) is 0.412. The van der Waals surface area contributed by atoms with Gasteiger partial charge in [-0.3, -0.25) is 14.9 Å². The maximum absolute atomic E-state index is 12.2. The molecule has 0 aliphatic carbocycles. The molecule has 2 amide bonds. The molecule has 1 atom stereocenters. The van der Waals surface area contributed by atoms with E-state index in [1.807, 2.05) is 44.2 Å². The smallest absolute Gasteiger partial charge is 0.322 e. The van der Waals surface area contributed by atoms with Gasteiger partial charge in [0.15, 0.2) is 0 Å². The molecule has 0 radical (unpaired) electrons. The monoisotopic (exact) mass is 328 g/mol. The summed E-state index contributed by atoms with van der Waals surface area (Å²) in [6.07, 6.45) is 0.706. The fourth-order valence-corrected chi connectivity index (χ4v) is 2.72. The van der Waals surface area contributed by atoms with Crippen LogP contribution in [0, 0.1) is 5.92 Å². The van der Waals surface area contributed by atoms with Gasteiger partial charge in [0.25, 0.3) is 0 Å². The van der Waals surface area contributed by atoms with E-state index in [0.717, 1.165) is 5.69 Å². The minimum absolute atomic E-state index is 0.0230. The van der Waals surface area contributed by atoms with Crippen LogP contribution < -0.4 is 10.2 Å². The second kappa shape index (κ2) is 6.82. The van der Waals surface area contributed by atoms with Gasteiger partial charge in [-0.25, -0.2) is 0 Å². The highest BCUT2D eigenvalue weighted by Gasteiger charge is 2.35. The molecular weight excluding hydrogens is 308 g/mol. The number of aromatic nitrogens is 2. The Bertz CT molecular complexity index is 726. The predicted molar refractivity (Wildman–Crippen MR) is 88.5 cm³/mol. The van der Waals surface area contributed by atoms with E-state index in [2.05, 4.69) is 15.5 Å². The maximum atomic E-state index is 12.2. The van der Waals surface area contributed by atoms with Crippen LogP contribution in [0.15, 0.2) is 34.7 Å². The number of rotatable bonds is 5. The van der Waals surface area contributed by atoms with E-state index in [9.17, 15) is 9.59 Å². The largest absolute Gasteiger partial charge is 0.407 e. The van der Waals surface area contributed by atoms with Crippen molar-refractivity contribution < 1.29 is 14.0 Å². The summed E-state index contributed by atoms with van der Waals surface area (Å²) < 4.78 is 5.52. The number of carbonyl (C=O) groups excluding carboxylic acids is 2. The number of para-hydroxylation sites is 1. The molecule has 1 N–H and O–H groups in total. The van der Waals surface area contributed by atoms with Gasteiger partial charge in [-0.05, 0) is 18.1 Å². The molecule has 1 aromatic heterocycles. The van der Waals surface area contributed by atoms with Crippen LogP contribution in [-0.2, 0) is 9.59 Å². The molecule has 2 heterocycles. The zero-order valence-corrected chi connectivity index (χ0v) is 13.7. The first-order valence-corrected chi connectivity index (χ1v) is 8.01. The van der Waals surface area contributed by atoms with Gasteiger partial charge >= 0.3 is 6.01 Å². The van der Waals surface area contributed by atoms with E-state index in [-0.39, 0.29) is 29.7 Å². The Morgan fingerprint density at radius 3 is 2.79 bits per heavy atom. The maximum Gasteiger partial charge on any atom is 0.322 e. The molecule has 7 heteroatoms. The number of nitrogens with zero attached hydrogens (tertiary/aromatic N) is 3. The third-order valence-corrected chi connectivity index (χ3v) is 3.82. The minimum atomic E-state index is -0.166. The fourth-order valence-electron chi connectivity index (χ4n) is 2.72. The molecular formula is C17H20N4O3. The van der Waals surface area contributed by atoms with E-state index < -0.39 is 0 Å². The molecule has 1 aliphatic heterocycles. The summed E-state index contributed by atoms with van der Waals surface area (Å²) in [5, 5.41) is 10.4. The molecule has 0 spiro atoms. The third-order valence-electron chi connectivity index (χ3n) is 3.82. The number of anilines is 2. The average Bonchev–Trinajstić information content (AvgIpc) is 3.14. The van der Waals surface area contributed by atoms with Crippen molar-refractivity contribution in [1.82, 2.24) is 10.2 Å². The molecule has 1 aliphatic rings. The Labute approximate surface area is 140 Å². The van der Waals surface area contributed by atoms with Gasteiger partial charge in [-0.1, -0.05) is 37.1 Å². The SMILES string of the molecule is CC(C)CC(=O)Nc1nnc(C2CC(=O)N(c3ccccc3)C2)o1. The van der Waals surface area contributed by atoms with Gasteiger partial charge in [0, 0.05) is 25.1 Å². The lowest BCUT2D eigenvalue weighted by Crippen LogP contribution is -2.24. The van der Waals surface area contributed by atoms with Crippen molar-refractivity contribution in [3.8, 4) is 0 Å². The molecule has 1 unspecified atom stereocenters. The topological polar surface area (TPSA) is 88.3 Å². The highest BCUT2D eigenvalue weighted by atomic mass is 16.4. The van der Waals surface area contributed by atoms with Gasteiger partial charge in [0.05, 0.1) is 5.92 Å². The number of carbonyl (C=O) groups is 2. The van der Waals surface area contributed by atoms with Crippen molar-refractivity contribution >= 4 is 23.5 Å². The number of amides is 2. The summed E-state index contributed by atoms with van der Waals surface area (Å²) >= 11 is 0. The zero-order valence-electron chi connectivity index (χ0n) is 13.7. The van der Waals surface area contributed by atoms with Crippen LogP contribution in [0.2, 0.25) is 0 Å². The quantitative estimate of drug-likeness (QED) is 0.911. The molecule has 7 nitrogen and oxygen atoms in total. The lowest BCUT2D eigenvalue weighted by Gasteiger charge is -2.15. The summed E-state index contributed by atoms with van der Waals surface area (Å²) in [5.41, 5.74) is 0.856. The number of benzene rings is 1. The van der Waals surface area contributed by atoms with Crippen LogP contribution in [-0.4, -0.2) is 28.6 Å². The zero-order chi connectivity index (χ0) is 17.1. The van der Waals surface area contributed by atoms with E-state index in [0.29, 0.717) is 25.3 Å². The van der Waals surface area contributed by atoms with Crippen LogP contribution in [0.5, 0.6) is 0 Å². The Hall–Kier alpha value is -2.70. The minimum Gasteiger partial charge on any atom is -0.407 e. The predicted octanol–water partition coefficient (Wildman–Crippen LogP) is 2.57. The van der Waals surface area contributed by atoms with Crippen molar-refractivity contribution in [2.75, 3.05) is 16.8 Å². The normalized spacial score (nSPS) is 17.5. The van der Waals surface area contributed by atoms with Gasteiger partial charge in [0.1, 0.15) is 0 Å². The van der Waals surface area contributed by atoms with Crippen molar-refractivity contribution in [3.05, 3.63) is 36.2 Å². The molecule has 126 valence electrons. The molecule has 0 saturated carbocycles. The van der Waals surface area contributed by atoms with Gasteiger partial charge < -0.3 is 9.32 Å². The van der Waals surface area contributed by atoms with E-state index >= 15 is 0 Å². The highest BCUT2D eigenvalue weighted by Crippen LogP contribution is 2.31. The van der Waals surface area contributed by atoms with Crippen LogP contribution in [0.1, 0.15) is 38.5 Å². The summed E-state index contributed by atoms with van der Waals surface area (Å²) in [4.78, 5) is 25.7. The molecule has 0 bridgehead atoms. The van der Waals surface area contributed by atoms with E-state index in [1.54, 1.807) is 4.90 Å². The molecule has 3 rings (SSSR count). The highest BCUT2D eigenvalue weighted by molar-refractivity contribution is 5.96. The Balaban J connectivity index is 1.66. The first-order valence-electron chi connectivity index (χ1n) is 8.01. The molecule has 2 aromatic rings. The number of nitrogens with one attached hydrogen (secondary N) is 1. The molecule has 1 fully saturated rings. The van der Waals surface area contributed by atoms with Crippen molar-refractivity contribution in [2.24, 2.45) is 5.92 Å². The molecule has 24 heavy (non-hydrogen) atoms. The first kappa shape index (κ1) is 16.2. The van der Waals surface area contributed by atoms with Gasteiger partial charge in [-0.2, -0.15) is 0 Å². The Kier molecular flexibility index (Phi) is 4.59. The summed E-state index contributed by atoms with van der Waals surface area (Å²) in [7, 11) is 0. The lowest BCUT2D eigenvalue weighted by atomic mass is 10.1. The van der Waals surface area contributed by atoms with E-state index in [4.69, 9.17) is 4.42 Å². The van der Waals surface area contributed by atoms with Crippen LogP contribution in [0.3, 0.4) is 0 Å². The summed E-state index contributed by atoms with van der Waals surface area (Å²) in [6, 6.07) is 9.57. The number of hydrogen-bond donors (Lipinski definition) is 1. The van der Waals surface area contributed by atoms with Gasteiger partial charge in [0.2, 0.25) is 17.7 Å².